The van der Waals surface area contributed by atoms with Crippen LogP contribution in [-0.2, 0) is 0 Å². The van der Waals surface area contributed by atoms with Crippen LogP contribution < -0.4 is 5.32 Å². The van der Waals surface area contributed by atoms with Gasteiger partial charge in [-0.05, 0) is 70.7 Å². The Morgan fingerprint density at radius 3 is 2.44 bits per heavy atom. The van der Waals surface area contributed by atoms with Crippen LogP contribution in [0, 0.1) is 11.8 Å². The lowest BCUT2D eigenvalue weighted by atomic mass is 9.81. The molecule has 1 unspecified atom stereocenters. The first-order valence-corrected chi connectivity index (χ1v) is 7.17. The lowest BCUT2D eigenvalue weighted by Crippen LogP contribution is -2.33. The Hall–Kier alpha value is -0.0800. The van der Waals surface area contributed by atoms with Crippen LogP contribution in [0.25, 0.3) is 0 Å². The molecule has 16 heavy (non-hydrogen) atoms. The molecule has 0 aromatic heterocycles. The van der Waals surface area contributed by atoms with Crippen molar-refractivity contribution in [3.05, 3.63) is 0 Å². The predicted octanol–water partition coefficient (Wildman–Crippen LogP) is 2.74. The van der Waals surface area contributed by atoms with Crippen LogP contribution in [0.3, 0.4) is 0 Å². The summed E-state index contributed by atoms with van der Waals surface area (Å²) in [5.74, 6) is 1.95. The Morgan fingerprint density at radius 1 is 1.19 bits per heavy atom. The molecule has 96 valence electrons. The molecule has 1 N–H and O–H groups in total. The summed E-state index contributed by atoms with van der Waals surface area (Å²) >= 11 is 0. The maximum Gasteiger partial charge on any atom is -0.00190 e. The van der Waals surface area contributed by atoms with E-state index in [-0.39, 0.29) is 0 Å². The third-order valence-electron chi connectivity index (χ3n) is 4.06. The molecular weight excluding hydrogens is 196 g/mol. The highest BCUT2D eigenvalue weighted by atomic mass is 15.1. The molecule has 1 rings (SSSR count). The molecule has 1 aliphatic rings. The van der Waals surface area contributed by atoms with E-state index in [1.165, 1.54) is 58.3 Å². The highest BCUT2D eigenvalue weighted by molar-refractivity contribution is 4.75. The van der Waals surface area contributed by atoms with Gasteiger partial charge in [-0.15, -0.1) is 0 Å². The fourth-order valence-electron chi connectivity index (χ4n) is 2.97. The molecule has 1 saturated heterocycles. The first-order chi connectivity index (χ1) is 7.77. The summed E-state index contributed by atoms with van der Waals surface area (Å²) in [6, 6.07) is 0. The predicted molar refractivity (Wildman–Crippen MR) is 71.8 cm³/mol. The topological polar surface area (TPSA) is 15.3 Å². The van der Waals surface area contributed by atoms with Crippen molar-refractivity contribution in [3.8, 4) is 0 Å². The molecule has 0 aliphatic carbocycles. The van der Waals surface area contributed by atoms with E-state index in [1.807, 2.05) is 0 Å². The summed E-state index contributed by atoms with van der Waals surface area (Å²) < 4.78 is 0. The van der Waals surface area contributed by atoms with E-state index in [2.05, 4.69) is 31.1 Å². The smallest absolute Gasteiger partial charge is 0.00190 e. The van der Waals surface area contributed by atoms with Gasteiger partial charge in [-0.1, -0.05) is 20.3 Å². The zero-order chi connectivity index (χ0) is 11.8. The minimum absolute atomic E-state index is 0.960. The van der Waals surface area contributed by atoms with Gasteiger partial charge in [0.05, 0.1) is 0 Å². The quantitative estimate of drug-likeness (QED) is 0.718. The second-order valence-electron chi connectivity index (χ2n) is 5.35. The summed E-state index contributed by atoms with van der Waals surface area (Å²) in [4.78, 5) is 2.49. The highest BCUT2D eigenvalue weighted by Gasteiger charge is 2.21. The number of nitrogens with one attached hydrogen (secondary N) is 1. The van der Waals surface area contributed by atoms with E-state index < -0.39 is 0 Å². The third kappa shape index (κ3) is 4.84. The fourth-order valence-corrected chi connectivity index (χ4v) is 2.97. The molecule has 1 aliphatic heterocycles. The highest BCUT2D eigenvalue weighted by Crippen LogP contribution is 2.27. The fraction of sp³-hybridized carbons (Fsp3) is 1.00. The Bertz CT molecular complexity index is 164. The largest absolute Gasteiger partial charge is 0.317 e. The van der Waals surface area contributed by atoms with Crippen molar-refractivity contribution in [1.82, 2.24) is 10.2 Å². The summed E-state index contributed by atoms with van der Waals surface area (Å²) in [6.07, 6.45) is 6.84. The molecule has 2 heteroatoms. The van der Waals surface area contributed by atoms with E-state index in [0.29, 0.717) is 0 Å². The van der Waals surface area contributed by atoms with Crippen LogP contribution in [0.5, 0.6) is 0 Å². The number of hydrogen-bond donors (Lipinski definition) is 1. The van der Waals surface area contributed by atoms with Gasteiger partial charge < -0.3 is 10.2 Å². The average molecular weight is 226 g/mol. The average Bonchev–Trinajstić information content (AvgIpc) is 2.31. The summed E-state index contributed by atoms with van der Waals surface area (Å²) in [5.41, 5.74) is 0. The summed E-state index contributed by atoms with van der Waals surface area (Å²) in [6.45, 7) is 9.66. The van der Waals surface area contributed by atoms with Crippen LogP contribution in [0.1, 0.15) is 46.0 Å². The third-order valence-corrected chi connectivity index (χ3v) is 4.06. The van der Waals surface area contributed by atoms with Crippen LogP contribution in [0.4, 0.5) is 0 Å². The van der Waals surface area contributed by atoms with Gasteiger partial charge in [-0.2, -0.15) is 0 Å². The summed E-state index contributed by atoms with van der Waals surface area (Å²) in [5, 5.41) is 3.47. The van der Waals surface area contributed by atoms with Crippen molar-refractivity contribution >= 4 is 0 Å². The Balaban J connectivity index is 2.24. The monoisotopic (exact) mass is 226 g/mol. The lowest BCUT2D eigenvalue weighted by Gasteiger charge is -2.31. The molecule has 0 saturated carbocycles. The zero-order valence-electron chi connectivity index (χ0n) is 11.5. The Labute approximate surface area is 102 Å². The summed E-state index contributed by atoms with van der Waals surface area (Å²) in [7, 11) is 2.26. The van der Waals surface area contributed by atoms with Crippen molar-refractivity contribution in [2.45, 2.75) is 46.0 Å². The molecule has 1 heterocycles. The second-order valence-corrected chi connectivity index (χ2v) is 5.35. The van der Waals surface area contributed by atoms with Crippen molar-refractivity contribution < 1.29 is 0 Å². The van der Waals surface area contributed by atoms with Crippen LogP contribution >= 0.6 is 0 Å². The molecular formula is C14H30N2. The van der Waals surface area contributed by atoms with Crippen LogP contribution in [0.2, 0.25) is 0 Å². The molecule has 0 aromatic rings. The van der Waals surface area contributed by atoms with Crippen molar-refractivity contribution in [2.75, 3.05) is 33.2 Å². The molecule has 2 nitrogen and oxygen atoms in total. The number of nitrogens with zero attached hydrogens (tertiary/aromatic N) is 1. The maximum absolute atomic E-state index is 3.47. The lowest BCUT2D eigenvalue weighted by molar-refractivity contribution is 0.210. The van der Waals surface area contributed by atoms with Crippen molar-refractivity contribution in [2.24, 2.45) is 11.8 Å². The van der Waals surface area contributed by atoms with Gasteiger partial charge in [0.2, 0.25) is 0 Å². The van der Waals surface area contributed by atoms with E-state index >= 15 is 0 Å². The normalized spacial score (nSPS) is 20.2. The van der Waals surface area contributed by atoms with E-state index in [1.54, 1.807) is 0 Å². The maximum atomic E-state index is 3.47. The molecule has 1 atom stereocenters. The van der Waals surface area contributed by atoms with Crippen LogP contribution in [0.15, 0.2) is 0 Å². The Kier molecular flexibility index (Phi) is 7.06. The van der Waals surface area contributed by atoms with E-state index in [0.717, 1.165) is 11.8 Å². The molecule has 0 bridgehead atoms. The first kappa shape index (κ1) is 14.0. The van der Waals surface area contributed by atoms with Gasteiger partial charge in [-0.25, -0.2) is 0 Å². The van der Waals surface area contributed by atoms with Gasteiger partial charge >= 0.3 is 0 Å². The van der Waals surface area contributed by atoms with Gasteiger partial charge in [0.1, 0.15) is 0 Å². The van der Waals surface area contributed by atoms with Gasteiger partial charge in [0, 0.05) is 0 Å². The zero-order valence-corrected chi connectivity index (χ0v) is 11.5. The first-order valence-electron chi connectivity index (χ1n) is 7.17. The van der Waals surface area contributed by atoms with Crippen molar-refractivity contribution in [3.63, 3.8) is 0 Å². The van der Waals surface area contributed by atoms with Gasteiger partial charge in [0.25, 0.3) is 0 Å². The Morgan fingerprint density at radius 2 is 1.88 bits per heavy atom. The van der Waals surface area contributed by atoms with Gasteiger partial charge in [-0.3, -0.25) is 0 Å². The molecule has 0 spiro atoms. The minimum atomic E-state index is 0.960. The second kappa shape index (κ2) is 8.08. The molecule has 0 amide bonds. The standard InChI is InChI=1S/C14H30N2/c1-4-11-16(3)12-8-13(5-2)14-6-9-15-10-7-14/h13-15H,4-12H2,1-3H3. The molecule has 1 fully saturated rings. The molecule has 0 radical (unpaired) electrons. The SMILES string of the molecule is CCCN(C)CCC(CC)C1CCNCC1. The molecule has 0 aromatic carbocycles. The number of hydrogen-bond acceptors (Lipinski definition) is 2. The minimum Gasteiger partial charge on any atom is -0.317 e. The van der Waals surface area contributed by atoms with E-state index in [9.17, 15) is 0 Å². The van der Waals surface area contributed by atoms with E-state index in [4.69, 9.17) is 0 Å². The number of rotatable bonds is 7. The number of piperidine rings is 1. The van der Waals surface area contributed by atoms with Crippen LogP contribution in [-0.4, -0.2) is 38.1 Å². The van der Waals surface area contributed by atoms with Crippen molar-refractivity contribution in [1.29, 1.82) is 0 Å². The van der Waals surface area contributed by atoms with Gasteiger partial charge in [0.15, 0.2) is 0 Å².